The molecule has 134 valence electrons. The van der Waals surface area contributed by atoms with Crippen molar-refractivity contribution in [2.45, 2.75) is 25.8 Å². The molecule has 6 nitrogen and oxygen atoms in total. The molecule has 1 saturated carbocycles. The van der Waals surface area contributed by atoms with E-state index in [2.05, 4.69) is 5.32 Å². The molecular formula is C20H19NO5. The van der Waals surface area contributed by atoms with Crippen LogP contribution in [0.4, 0.5) is 0 Å². The molecular weight excluding hydrogens is 334 g/mol. The van der Waals surface area contributed by atoms with Gasteiger partial charge >= 0.3 is 5.63 Å². The lowest BCUT2D eigenvalue weighted by molar-refractivity contribution is -0.123. The zero-order valence-electron chi connectivity index (χ0n) is 14.6. The molecule has 1 aromatic heterocycles. The summed E-state index contributed by atoms with van der Waals surface area (Å²) in [6, 6.07) is 9.26. The SMILES string of the molecule is COc1ccc2c(c1)c(=O)oc1c(C)c(OCC(=O)NC3CC3)ccc12. The Morgan fingerprint density at radius 2 is 1.96 bits per heavy atom. The summed E-state index contributed by atoms with van der Waals surface area (Å²) in [6.45, 7) is 1.76. The van der Waals surface area contributed by atoms with Gasteiger partial charge in [0.15, 0.2) is 6.61 Å². The van der Waals surface area contributed by atoms with Gasteiger partial charge < -0.3 is 19.2 Å². The van der Waals surface area contributed by atoms with Crippen molar-refractivity contribution < 1.29 is 18.7 Å². The molecule has 2 aromatic carbocycles. The molecule has 3 aromatic rings. The standard InChI is InChI=1S/C20H19NO5/c1-11-17(25-10-18(22)21-12-3-4-12)8-7-15-14-6-5-13(24-2)9-16(14)20(23)26-19(11)15/h5-9,12H,3-4,10H2,1-2H3,(H,21,22). The maximum absolute atomic E-state index is 12.4. The second-order valence-electron chi connectivity index (χ2n) is 6.50. The molecule has 0 unspecified atom stereocenters. The van der Waals surface area contributed by atoms with Gasteiger partial charge in [-0.15, -0.1) is 0 Å². The molecule has 1 aliphatic carbocycles. The van der Waals surface area contributed by atoms with Crippen LogP contribution in [0.2, 0.25) is 0 Å². The molecule has 0 saturated heterocycles. The van der Waals surface area contributed by atoms with E-state index in [1.807, 2.05) is 25.1 Å². The van der Waals surface area contributed by atoms with Crippen molar-refractivity contribution in [2.75, 3.05) is 13.7 Å². The number of hydrogen-bond donors (Lipinski definition) is 1. The number of benzene rings is 2. The van der Waals surface area contributed by atoms with E-state index in [1.165, 1.54) is 0 Å². The number of fused-ring (bicyclic) bond motifs is 3. The Bertz CT molecular complexity index is 1070. The van der Waals surface area contributed by atoms with E-state index in [0.717, 1.165) is 23.6 Å². The van der Waals surface area contributed by atoms with Gasteiger partial charge in [0.05, 0.1) is 12.5 Å². The lowest BCUT2D eigenvalue weighted by Gasteiger charge is -2.12. The summed E-state index contributed by atoms with van der Waals surface area (Å²) in [6.07, 6.45) is 2.06. The average Bonchev–Trinajstić information content (AvgIpc) is 3.45. The molecule has 1 aliphatic rings. The Morgan fingerprint density at radius 3 is 2.69 bits per heavy atom. The summed E-state index contributed by atoms with van der Waals surface area (Å²) < 4.78 is 16.3. The molecule has 0 atom stereocenters. The molecule has 0 aliphatic heterocycles. The Morgan fingerprint density at radius 1 is 1.19 bits per heavy atom. The highest BCUT2D eigenvalue weighted by molar-refractivity contribution is 6.06. The highest BCUT2D eigenvalue weighted by Crippen LogP contribution is 2.32. The van der Waals surface area contributed by atoms with Crippen LogP contribution in [0.5, 0.6) is 11.5 Å². The van der Waals surface area contributed by atoms with Gasteiger partial charge in [-0.05, 0) is 50.1 Å². The summed E-state index contributed by atoms with van der Waals surface area (Å²) in [5, 5.41) is 4.95. The van der Waals surface area contributed by atoms with Crippen LogP contribution < -0.4 is 20.4 Å². The van der Waals surface area contributed by atoms with Gasteiger partial charge in [-0.25, -0.2) is 4.79 Å². The normalized spacial score (nSPS) is 13.8. The third-order valence-corrected chi connectivity index (χ3v) is 4.59. The van der Waals surface area contributed by atoms with Gasteiger partial charge in [-0.2, -0.15) is 0 Å². The summed E-state index contributed by atoms with van der Waals surface area (Å²) in [4.78, 5) is 24.2. The topological polar surface area (TPSA) is 77.8 Å². The summed E-state index contributed by atoms with van der Waals surface area (Å²) in [5.41, 5.74) is 0.724. The molecule has 26 heavy (non-hydrogen) atoms. The van der Waals surface area contributed by atoms with Gasteiger partial charge in [-0.1, -0.05) is 0 Å². The van der Waals surface area contributed by atoms with Crippen LogP contribution in [-0.4, -0.2) is 25.7 Å². The number of methoxy groups -OCH3 is 1. The number of carbonyl (C=O) groups is 1. The van der Waals surface area contributed by atoms with E-state index in [9.17, 15) is 9.59 Å². The first kappa shape index (κ1) is 16.4. The highest BCUT2D eigenvalue weighted by Gasteiger charge is 2.23. The highest BCUT2D eigenvalue weighted by atomic mass is 16.5. The van der Waals surface area contributed by atoms with E-state index in [0.29, 0.717) is 34.1 Å². The van der Waals surface area contributed by atoms with Crippen molar-refractivity contribution in [2.24, 2.45) is 0 Å². The van der Waals surface area contributed by atoms with Gasteiger partial charge in [0.1, 0.15) is 17.1 Å². The molecule has 0 radical (unpaired) electrons. The Labute approximate surface area is 149 Å². The average molecular weight is 353 g/mol. The third kappa shape index (κ3) is 2.98. The lowest BCUT2D eigenvalue weighted by atomic mass is 10.0. The minimum atomic E-state index is -0.432. The van der Waals surface area contributed by atoms with Crippen LogP contribution in [0.15, 0.2) is 39.5 Å². The van der Waals surface area contributed by atoms with Crippen LogP contribution in [0.3, 0.4) is 0 Å². The van der Waals surface area contributed by atoms with Crippen LogP contribution in [0.25, 0.3) is 21.7 Å². The number of amides is 1. The van der Waals surface area contributed by atoms with Crippen molar-refractivity contribution >= 4 is 27.6 Å². The third-order valence-electron chi connectivity index (χ3n) is 4.59. The molecule has 1 fully saturated rings. The predicted molar refractivity (Wildman–Crippen MR) is 97.9 cm³/mol. The molecule has 0 spiro atoms. The van der Waals surface area contributed by atoms with Crippen molar-refractivity contribution in [3.05, 3.63) is 46.3 Å². The molecule has 6 heteroatoms. The number of rotatable bonds is 5. The van der Waals surface area contributed by atoms with Crippen LogP contribution in [0, 0.1) is 6.92 Å². The summed E-state index contributed by atoms with van der Waals surface area (Å²) in [5.74, 6) is 0.987. The number of hydrogen-bond acceptors (Lipinski definition) is 5. The zero-order chi connectivity index (χ0) is 18.3. The van der Waals surface area contributed by atoms with Crippen molar-refractivity contribution in [1.82, 2.24) is 5.32 Å². The fraction of sp³-hybridized carbons (Fsp3) is 0.300. The lowest BCUT2D eigenvalue weighted by Crippen LogP contribution is -2.30. The van der Waals surface area contributed by atoms with E-state index in [4.69, 9.17) is 13.9 Å². The Hall–Kier alpha value is -3.02. The number of carbonyl (C=O) groups excluding carboxylic acids is 1. The molecule has 1 amide bonds. The number of ether oxygens (including phenoxy) is 2. The van der Waals surface area contributed by atoms with Crippen molar-refractivity contribution in [1.29, 1.82) is 0 Å². The molecule has 0 bridgehead atoms. The Kier molecular flexibility index (Phi) is 4.03. The van der Waals surface area contributed by atoms with E-state index < -0.39 is 5.63 Å². The minimum absolute atomic E-state index is 0.0577. The maximum atomic E-state index is 12.4. The van der Waals surface area contributed by atoms with Crippen molar-refractivity contribution in [3.8, 4) is 11.5 Å². The second-order valence-corrected chi connectivity index (χ2v) is 6.50. The van der Waals surface area contributed by atoms with Crippen LogP contribution in [-0.2, 0) is 4.79 Å². The fourth-order valence-electron chi connectivity index (χ4n) is 3.02. The minimum Gasteiger partial charge on any atom is -0.497 e. The van der Waals surface area contributed by atoms with Gasteiger partial charge in [0.25, 0.3) is 5.91 Å². The predicted octanol–water partition coefficient (Wildman–Crippen LogP) is 2.92. The van der Waals surface area contributed by atoms with E-state index >= 15 is 0 Å². The van der Waals surface area contributed by atoms with E-state index in [-0.39, 0.29) is 12.5 Å². The van der Waals surface area contributed by atoms with E-state index in [1.54, 1.807) is 19.2 Å². The first-order valence-electron chi connectivity index (χ1n) is 8.53. The van der Waals surface area contributed by atoms with Gasteiger partial charge in [0, 0.05) is 22.4 Å². The second kappa shape index (κ2) is 6.37. The summed E-state index contributed by atoms with van der Waals surface area (Å²) in [7, 11) is 1.55. The first-order chi connectivity index (χ1) is 12.6. The molecule has 1 N–H and O–H groups in total. The quantitative estimate of drug-likeness (QED) is 0.564. The maximum Gasteiger partial charge on any atom is 0.344 e. The van der Waals surface area contributed by atoms with Crippen LogP contribution >= 0.6 is 0 Å². The number of aryl methyl sites for hydroxylation is 1. The van der Waals surface area contributed by atoms with Gasteiger partial charge in [0.2, 0.25) is 0 Å². The summed E-state index contributed by atoms with van der Waals surface area (Å²) >= 11 is 0. The monoisotopic (exact) mass is 353 g/mol. The Balaban J connectivity index is 1.71. The zero-order valence-corrected chi connectivity index (χ0v) is 14.6. The van der Waals surface area contributed by atoms with Crippen LogP contribution in [0.1, 0.15) is 18.4 Å². The smallest absolute Gasteiger partial charge is 0.344 e. The van der Waals surface area contributed by atoms with Gasteiger partial charge in [-0.3, -0.25) is 4.79 Å². The largest absolute Gasteiger partial charge is 0.497 e. The van der Waals surface area contributed by atoms with Crippen molar-refractivity contribution in [3.63, 3.8) is 0 Å². The molecule has 4 rings (SSSR count). The first-order valence-corrected chi connectivity index (χ1v) is 8.53. The molecule has 1 heterocycles. The fourth-order valence-corrected chi connectivity index (χ4v) is 3.02. The number of nitrogens with one attached hydrogen (secondary N) is 1.